The van der Waals surface area contributed by atoms with Crippen LogP contribution >= 0.6 is 15.9 Å². The van der Waals surface area contributed by atoms with Crippen LogP contribution in [0, 0.1) is 0 Å². The zero-order valence-corrected chi connectivity index (χ0v) is 13.8. The van der Waals surface area contributed by atoms with Gasteiger partial charge in [0.2, 0.25) is 0 Å². The molecule has 0 radical (unpaired) electrons. The maximum atomic E-state index is 12.1. The highest BCUT2D eigenvalue weighted by Gasteiger charge is 2.41. The summed E-state index contributed by atoms with van der Waals surface area (Å²) in [7, 11) is 0. The van der Waals surface area contributed by atoms with E-state index >= 15 is 0 Å². The van der Waals surface area contributed by atoms with Gasteiger partial charge in [-0.2, -0.15) is 0 Å². The van der Waals surface area contributed by atoms with E-state index in [0.29, 0.717) is 0 Å². The number of nitrogens with one attached hydrogen (secondary N) is 1. The third kappa shape index (κ3) is 3.32. The van der Waals surface area contributed by atoms with Gasteiger partial charge in [-0.25, -0.2) is 9.78 Å². The predicted octanol–water partition coefficient (Wildman–Crippen LogP) is 4.14. The second-order valence-corrected chi connectivity index (χ2v) is 6.74. The van der Waals surface area contributed by atoms with E-state index in [1.807, 2.05) is 32.9 Å². The van der Waals surface area contributed by atoms with E-state index in [1.54, 1.807) is 6.20 Å². The largest absolute Gasteiger partial charge is 0.444 e. The first-order valence-corrected chi connectivity index (χ1v) is 7.79. The first-order chi connectivity index (χ1) is 9.37. The molecule has 0 atom stereocenters. The van der Waals surface area contributed by atoms with Crippen LogP contribution in [-0.4, -0.2) is 16.7 Å². The van der Waals surface area contributed by atoms with E-state index in [9.17, 15) is 4.79 Å². The summed E-state index contributed by atoms with van der Waals surface area (Å²) in [5.74, 6) is 0. The van der Waals surface area contributed by atoms with Gasteiger partial charge in [0.1, 0.15) is 10.2 Å². The molecule has 1 aromatic rings. The van der Waals surface area contributed by atoms with Gasteiger partial charge in [-0.05, 0) is 73.2 Å². The lowest BCUT2D eigenvalue weighted by Gasteiger charge is -2.43. The molecule has 1 aliphatic rings. The molecule has 1 aromatic heterocycles. The van der Waals surface area contributed by atoms with Crippen molar-refractivity contribution in [3.05, 3.63) is 28.5 Å². The van der Waals surface area contributed by atoms with Crippen molar-refractivity contribution in [1.82, 2.24) is 10.3 Å². The number of pyridine rings is 1. The van der Waals surface area contributed by atoms with E-state index in [1.165, 1.54) is 0 Å². The number of alkyl carbamates (subject to hydrolysis) is 1. The molecule has 0 unspecified atom stereocenters. The molecule has 0 spiro atoms. The van der Waals surface area contributed by atoms with E-state index < -0.39 is 5.60 Å². The van der Waals surface area contributed by atoms with Gasteiger partial charge < -0.3 is 10.1 Å². The molecule has 20 heavy (non-hydrogen) atoms. The summed E-state index contributed by atoms with van der Waals surface area (Å²) in [4.78, 5) is 16.3. The van der Waals surface area contributed by atoms with Crippen molar-refractivity contribution in [2.24, 2.45) is 0 Å². The Hall–Kier alpha value is -1.10. The Bertz CT molecular complexity index is 498. The molecule has 110 valence electrons. The minimum atomic E-state index is -0.437. The third-order valence-electron chi connectivity index (χ3n) is 4.05. The Kier molecular flexibility index (Phi) is 4.37. The van der Waals surface area contributed by atoms with Crippen LogP contribution in [0.5, 0.6) is 0 Å². The number of halogens is 1. The molecular formula is C15H21BrN2O2. The molecule has 5 heteroatoms. The number of amides is 1. The summed E-state index contributed by atoms with van der Waals surface area (Å²) in [6, 6.07) is 3.92. The average Bonchev–Trinajstić information content (AvgIpc) is 2.33. The number of rotatable bonds is 4. The van der Waals surface area contributed by atoms with Crippen LogP contribution in [0.1, 0.15) is 52.0 Å². The van der Waals surface area contributed by atoms with Crippen molar-refractivity contribution in [2.45, 2.75) is 57.6 Å². The SMILES string of the molecule is CCC(C)(C)OC(=O)NC1(c2ccnc(Br)c2)CCC1. The third-order valence-corrected chi connectivity index (χ3v) is 4.48. The molecule has 1 amide bonds. The van der Waals surface area contributed by atoms with Crippen molar-refractivity contribution in [3.63, 3.8) is 0 Å². The Morgan fingerprint density at radius 1 is 1.55 bits per heavy atom. The smallest absolute Gasteiger partial charge is 0.408 e. The van der Waals surface area contributed by atoms with Crippen molar-refractivity contribution in [3.8, 4) is 0 Å². The molecule has 1 heterocycles. The Labute approximate surface area is 128 Å². The van der Waals surface area contributed by atoms with Gasteiger partial charge in [-0.1, -0.05) is 6.92 Å². The number of carbonyl (C=O) groups is 1. The van der Waals surface area contributed by atoms with Crippen LogP contribution in [0.4, 0.5) is 4.79 Å². The van der Waals surface area contributed by atoms with Crippen molar-refractivity contribution in [2.75, 3.05) is 0 Å². The summed E-state index contributed by atoms with van der Waals surface area (Å²) in [5.41, 5.74) is 0.345. The van der Waals surface area contributed by atoms with Crippen LogP contribution in [0.25, 0.3) is 0 Å². The molecule has 1 aliphatic carbocycles. The first kappa shape index (κ1) is 15.3. The maximum absolute atomic E-state index is 12.1. The molecule has 0 aliphatic heterocycles. The molecule has 0 bridgehead atoms. The van der Waals surface area contributed by atoms with Gasteiger partial charge in [0.25, 0.3) is 0 Å². The van der Waals surface area contributed by atoms with Crippen LogP contribution in [-0.2, 0) is 10.3 Å². The summed E-state index contributed by atoms with van der Waals surface area (Å²) < 4.78 is 6.28. The number of hydrogen-bond donors (Lipinski definition) is 1. The second kappa shape index (κ2) is 5.72. The topological polar surface area (TPSA) is 51.2 Å². The van der Waals surface area contributed by atoms with Crippen LogP contribution < -0.4 is 5.32 Å². The lowest BCUT2D eigenvalue weighted by atomic mass is 9.72. The van der Waals surface area contributed by atoms with Gasteiger partial charge in [0.15, 0.2) is 0 Å². The fourth-order valence-electron chi connectivity index (χ4n) is 2.26. The van der Waals surface area contributed by atoms with Crippen molar-refractivity contribution in [1.29, 1.82) is 0 Å². The first-order valence-electron chi connectivity index (χ1n) is 7.00. The number of aromatic nitrogens is 1. The standard InChI is InChI=1S/C15H21BrN2O2/c1-4-14(2,3)20-13(19)18-15(7-5-8-15)11-6-9-17-12(16)10-11/h6,9-10H,4-5,7-8H2,1-3H3,(H,18,19). The Morgan fingerprint density at radius 2 is 2.25 bits per heavy atom. The monoisotopic (exact) mass is 340 g/mol. The highest BCUT2D eigenvalue weighted by molar-refractivity contribution is 9.10. The maximum Gasteiger partial charge on any atom is 0.408 e. The quantitative estimate of drug-likeness (QED) is 0.838. The second-order valence-electron chi connectivity index (χ2n) is 5.93. The summed E-state index contributed by atoms with van der Waals surface area (Å²) in [6.45, 7) is 5.85. The number of nitrogens with zero attached hydrogens (tertiary/aromatic N) is 1. The van der Waals surface area contributed by atoms with E-state index in [-0.39, 0.29) is 11.6 Å². The zero-order valence-electron chi connectivity index (χ0n) is 12.2. The van der Waals surface area contributed by atoms with Crippen LogP contribution in [0.15, 0.2) is 22.9 Å². The number of hydrogen-bond acceptors (Lipinski definition) is 3. The van der Waals surface area contributed by atoms with E-state index in [4.69, 9.17) is 4.74 Å². The average molecular weight is 341 g/mol. The van der Waals surface area contributed by atoms with Crippen molar-refractivity contribution < 1.29 is 9.53 Å². The summed E-state index contributed by atoms with van der Waals surface area (Å²) in [5, 5.41) is 3.05. The lowest BCUT2D eigenvalue weighted by Crippen LogP contribution is -2.52. The fraction of sp³-hybridized carbons (Fsp3) is 0.600. The normalized spacial score (nSPS) is 17.2. The van der Waals surface area contributed by atoms with E-state index in [2.05, 4.69) is 26.2 Å². The highest BCUT2D eigenvalue weighted by Crippen LogP contribution is 2.41. The molecular weight excluding hydrogens is 320 g/mol. The van der Waals surface area contributed by atoms with Gasteiger partial charge in [-0.3, -0.25) is 0 Å². The van der Waals surface area contributed by atoms with Gasteiger partial charge in [0, 0.05) is 6.20 Å². The van der Waals surface area contributed by atoms with Crippen LogP contribution in [0.2, 0.25) is 0 Å². The zero-order chi connectivity index (χ0) is 14.8. The molecule has 4 nitrogen and oxygen atoms in total. The van der Waals surface area contributed by atoms with E-state index in [0.717, 1.165) is 35.8 Å². The molecule has 2 rings (SSSR count). The van der Waals surface area contributed by atoms with Gasteiger partial charge in [-0.15, -0.1) is 0 Å². The summed E-state index contributed by atoms with van der Waals surface area (Å²) in [6.07, 6.45) is 5.18. The molecule has 0 aromatic carbocycles. The van der Waals surface area contributed by atoms with Crippen molar-refractivity contribution >= 4 is 22.0 Å². The van der Waals surface area contributed by atoms with Crippen LogP contribution in [0.3, 0.4) is 0 Å². The minimum Gasteiger partial charge on any atom is -0.444 e. The molecule has 1 fully saturated rings. The van der Waals surface area contributed by atoms with Gasteiger partial charge >= 0.3 is 6.09 Å². The summed E-state index contributed by atoms with van der Waals surface area (Å²) >= 11 is 3.38. The Balaban J connectivity index is 2.11. The predicted molar refractivity (Wildman–Crippen MR) is 81.5 cm³/mol. The number of ether oxygens (including phenoxy) is 1. The molecule has 1 N–H and O–H groups in total. The minimum absolute atomic E-state index is 0.299. The molecule has 1 saturated carbocycles. The Morgan fingerprint density at radius 3 is 2.75 bits per heavy atom. The lowest BCUT2D eigenvalue weighted by molar-refractivity contribution is 0.0236. The highest BCUT2D eigenvalue weighted by atomic mass is 79.9. The van der Waals surface area contributed by atoms with Gasteiger partial charge in [0.05, 0.1) is 5.54 Å². The number of carbonyl (C=O) groups excluding carboxylic acids is 1. The fourth-order valence-corrected chi connectivity index (χ4v) is 2.63. The molecule has 0 saturated heterocycles.